The molecule has 1 rings (SSSR count). The summed E-state index contributed by atoms with van der Waals surface area (Å²) in [5.41, 5.74) is 0. The zero-order valence-corrected chi connectivity index (χ0v) is 9.55. The lowest BCUT2D eigenvalue weighted by Crippen LogP contribution is -2.43. The number of carboxylic acids is 1. The third-order valence-electron chi connectivity index (χ3n) is 2.50. The first kappa shape index (κ1) is 13.4. The zero-order chi connectivity index (χ0) is 12.8. The van der Waals surface area contributed by atoms with Crippen molar-refractivity contribution >= 4 is 17.8 Å². The van der Waals surface area contributed by atoms with E-state index in [2.05, 4.69) is 9.47 Å². The van der Waals surface area contributed by atoms with Crippen LogP contribution in [0.2, 0.25) is 0 Å². The lowest BCUT2D eigenvalue weighted by Gasteiger charge is -2.22. The van der Waals surface area contributed by atoms with Crippen molar-refractivity contribution in [2.45, 2.75) is 18.9 Å². The van der Waals surface area contributed by atoms with Crippen molar-refractivity contribution in [3.05, 3.63) is 0 Å². The molecule has 0 spiro atoms. The van der Waals surface area contributed by atoms with Crippen molar-refractivity contribution in [3.8, 4) is 0 Å². The fourth-order valence-corrected chi connectivity index (χ4v) is 1.75. The number of rotatable bonds is 5. The molecule has 0 radical (unpaired) electrons. The number of ether oxygens (including phenoxy) is 2. The summed E-state index contributed by atoms with van der Waals surface area (Å²) in [6.07, 6.45) is 1.29. The minimum absolute atomic E-state index is 0.334. The molecular weight excluding hydrogens is 230 g/mol. The highest BCUT2D eigenvalue weighted by molar-refractivity contribution is 5.85. The summed E-state index contributed by atoms with van der Waals surface area (Å²) in [5, 5.41) is 8.35. The highest BCUT2D eigenvalue weighted by Gasteiger charge is 2.34. The minimum Gasteiger partial charge on any atom is -0.480 e. The van der Waals surface area contributed by atoms with Crippen LogP contribution in [0.15, 0.2) is 0 Å². The van der Waals surface area contributed by atoms with Crippen LogP contribution in [0.4, 0.5) is 0 Å². The number of carbonyl (C=O) groups excluding carboxylic acids is 2. The summed E-state index contributed by atoms with van der Waals surface area (Å²) >= 11 is 0. The van der Waals surface area contributed by atoms with E-state index in [9.17, 15) is 14.4 Å². The standard InChI is InChI=1S/C10H15NO6/c1-16-10(15)7-3-2-4-11(7)8(12)5-17-6-9(13)14/h7H,2-6H2,1H3,(H,13,14). The van der Waals surface area contributed by atoms with Gasteiger partial charge in [0.2, 0.25) is 5.91 Å². The van der Waals surface area contributed by atoms with Gasteiger partial charge in [-0.3, -0.25) is 4.79 Å². The second-order valence-corrected chi connectivity index (χ2v) is 3.65. The Morgan fingerprint density at radius 1 is 1.35 bits per heavy atom. The molecule has 0 aliphatic carbocycles. The van der Waals surface area contributed by atoms with Gasteiger partial charge in [0.25, 0.3) is 0 Å². The summed E-state index contributed by atoms with van der Waals surface area (Å²) in [6.45, 7) is -0.392. The van der Waals surface area contributed by atoms with Crippen molar-refractivity contribution in [2.24, 2.45) is 0 Å². The van der Waals surface area contributed by atoms with Crippen molar-refractivity contribution in [1.82, 2.24) is 4.90 Å². The molecule has 7 heteroatoms. The molecule has 0 aromatic heterocycles. The molecule has 96 valence electrons. The van der Waals surface area contributed by atoms with Gasteiger partial charge in [-0.15, -0.1) is 0 Å². The maximum Gasteiger partial charge on any atom is 0.329 e. The van der Waals surface area contributed by atoms with Crippen molar-refractivity contribution in [1.29, 1.82) is 0 Å². The Labute approximate surface area is 98.3 Å². The number of methoxy groups -OCH3 is 1. The van der Waals surface area contributed by atoms with Crippen LogP contribution >= 0.6 is 0 Å². The first-order valence-electron chi connectivity index (χ1n) is 5.23. The van der Waals surface area contributed by atoms with E-state index < -0.39 is 24.6 Å². The summed E-state index contributed by atoms with van der Waals surface area (Å²) in [5.74, 6) is -1.98. The minimum atomic E-state index is -1.14. The van der Waals surface area contributed by atoms with Gasteiger partial charge in [0, 0.05) is 6.54 Å². The third kappa shape index (κ3) is 3.70. The number of hydrogen-bond donors (Lipinski definition) is 1. The smallest absolute Gasteiger partial charge is 0.329 e. The Bertz CT molecular complexity index is 316. The topological polar surface area (TPSA) is 93.1 Å². The molecule has 1 unspecified atom stereocenters. The van der Waals surface area contributed by atoms with E-state index in [-0.39, 0.29) is 12.5 Å². The van der Waals surface area contributed by atoms with Crippen LogP contribution in [0.25, 0.3) is 0 Å². The summed E-state index contributed by atoms with van der Waals surface area (Å²) in [6, 6.07) is -0.569. The number of carbonyl (C=O) groups is 3. The molecule has 1 heterocycles. The Kier molecular flexibility index (Phi) is 4.89. The molecule has 7 nitrogen and oxygen atoms in total. The van der Waals surface area contributed by atoms with Crippen molar-refractivity contribution in [3.63, 3.8) is 0 Å². The molecule has 0 saturated carbocycles. The third-order valence-corrected chi connectivity index (χ3v) is 2.50. The van der Waals surface area contributed by atoms with E-state index in [1.165, 1.54) is 12.0 Å². The Morgan fingerprint density at radius 2 is 2.06 bits per heavy atom. The van der Waals surface area contributed by atoms with E-state index >= 15 is 0 Å². The first-order valence-corrected chi connectivity index (χ1v) is 5.23. The Balaban J connectivity index is 2.44. The molecule has 0 aromatic carbocycles. The molecular formula is C10H15NO6. The van der Waals surface area contributed by atoms with Crippen LogP contribution in [0.1, 0.15) is 12.8 Å². The van der Waals surface area contributed by atoms with Crippen molar-refractivity contribution < 1.29 is 29.0 Å². The van der Waals surface area contributed by atoms with Gasteiger partial charge in [-0.25, -0.2) is 9.59 Å². The van der Waals surface area contributed by atoms with E-state index in [0.29, 0.717) is 13.0 Å². The van der Waals surface area contributed by atoms with Crippen LogP contribution < -0.4 is 0 Å². The number of amides is 1. The van der Waals surface area contributed by atoms with Crippen molar-refractivity contribution in [2.75, 3.05) is 26.9 Å². The molecule has 17 heavy (non-hydrogen) atoms. The lowest BCUT2D eigenvalue weighted by molar-refractivity contribution is -0.154. The molecule has 1 N–H and O–H groups in total. The maximum absolute atomic E-state index is 11.7. The average Bonchev–Trinajstić information content (AvgIpc) is 2.76. The second kappa shape index (κ2) is 6.19. The predicted molar refractivity (Wildman–Crippen MR) is 55.2 cm³/mol. The number of esters is 1. The zero-order valence-electron chi connectivity index (χ0n) is 9.55. The van der Waals surface area contributed by atoms with E-state index in [1.807, 2.05) is 0 Å². The van der Waals surface area contributed by atoms with Crippen LogP contribution in [0.3, 0.4) is 0 Å². The van der Waals surface area contributed by atoms with Crippen LogP contribution in [0, 0.1) is 0 Å². The average molecular weight is 245 g/mol. The number of nitrogens with zero attached hydrogens (tertiary/aromatic N) is 1. The van der Waals surface area contributed by atoms with E-state index in [4.69, 9.17) is 5.11 Å². The molecule has 1 aliphatic heterocycles. The normalized spacial score (nSPS) is 19.1. The lowest BCUT2D eigenvalue weighted by atomic mass is 10.2. The molecule has 1 fully saturated rings. The highest BCUT2D eigenvalue weighted by Crippen LogP contribution is 2.18. The van der Waals surface area contributed by atoms with Gasteiger partial charge in [-0.2, -0.15) is 0 Å². The number of aliphatic carboxylic acids is 1. The largest absolute Gasteiger partial charge is 0.480 e. The van der Waals surface area contributed by atoms with Gasteiger partial charge in [0.15, 0.2) is 0 Å². The monoisotopic (exact) mass is 245 g/mol. The van der Waals surface area contributed by atoms with Gasteiger partial charge in [-0.1, -0.05) is 0 Å². The maximum atomic E-state index is 11.7. The fraction of sp³-hybridized carbons (Fsp3) is 0.700. The highest BCUT2D eigenvalue weighted by atomic mass is 16.5. The quantitative estimate of drug-likeness (QED) is 0.641. The number of hydrogen-bond acceptors (Lipinski definition) is 5. The number of carboxylic acid groups (broad SMARTS) is 1. The number of likely N-dealkylation sites (tertiary alicyclic amines) is 1. The first-order chi connectivity index (χ1) is 8.06. The van der Waals surface area contributed by atoms with E-state index in [1.54, 1.807) is 0 Å². The van der Waals surface area contributed by atoms with E-state index in [0.717, 1.165) is 6.42 Å². The molecule has 1 aliphatic rings. The van der Waals surface area contributed by atoms with Crippen LogP contribution in [-0.2, 0) is 23.9 Å². The molecule has 1 amide bonds. The molecule has 1 atom stereocenters. The van der Waals surface area contributed by atoms with Crippen LogP contribution in [0.5, 0.6) is 0 Å². The Hall–Kier alpha value is -1.63. The van der Waals surface area contributed by atoms with Gasteiger partial charge >= 0.3 is 11.9 Å². The fourth-order valence-electron chi connectivity index (χ4n) is 1.75. The van der Waals surface area contributed by atoms with Gasteiger partial charge in [0.05, 0.1) is 7.11 Å². The SMILES string of the molecule is COC(=O)C1CCCN1C(=O)COCC(=O)O. The van der Waals surface area contributed by atoms with Crippen LogP contribution in [-0.4, -0.2) is 60.8 Å². The summed E-state index contributed by atoms with van der Waals surface area (Å²) in [4.78, 5) is 34.6. The van der Waals surface area contributed by atoms with Gasteiger partial charge in [-0.05, 0) is 12.8 Å². The summed E-state index contributed by atoms with van der Waals surface area (Å²) < 4.78 is 9.28. The Morgan fingerprint density at radius 3 is 2.65 bits per heavy atom. The molecule has 0 bridgehead atoms. The summed E-state index contributed by atoms with van der Waals surface area (Å²) in [7, 11) is 1.27. The molecule has 1 saturated heterocycles. The predicted octanol–water partition coefficient (Wildman–Crippen LogP) is -0.748. The molecule has 0 aromatic rings. The van der Waals surface area contributed by atoms with Gasteiger partial charge < -0.3 is 19.5 Å². The van der Waals surface area contributed by atoms with Gasteiger partial charge in [0.1, 0.15) is 19.3 Å². The second-order valence-electron chi connectivity index (χ2n) is 3.65.